The first-order valence-electron chi connectivity index (χ1n) is 5.34. The molecule has 0 aliphatic carbocycles. The van der Waals surface area contributed by atoms with Gasteiger partial charge in [0.2, 0.25) is 5.91 Å². The zero-order chi connectivity index (χ0) is 10.4. The van der Waals surface area contributed by atoms with E-state index >= 15 is 0 Å². The van der Waals surface area contributed by atoms with Crippen molar-refractivity contribution >= 4 is 5.91 Å². The smallest absolute Gasteiger partial charge is 0.236 e. The number of nitrogens with zero attached hydrogens (tertiary/aromatic N) is 1. The van der Waals surface area contributed by atoms with Crippen LogP contribution in [0.3, 0.4) is 0 Å². The van der Waals surface area contributed by atoms with Crippen molar-refractivity contribution < 1.29 is 9.90 Å². The number of likely N-dealkylation sites (tertiary alicyclic amines) is 1. The molecule has 14 heavy (non-hydrogen) atoms. The lowest BCUT2D eigenvalue weighted by Crippen LogP contribution is -2.45. The van der Waals surface area contributed by atoms with Gasteiger partial charge in [0.25, 0.3) is 0 Å². The molecule has 1 aliphatic rings. The van der Waals surface area contributed by atoms with Crippen LogP contribution in [-0.4, -0.2) is 48.7 Å². The van der Waals surface area contributed by atoms with Crippen LogP contribution in [0.15, 0.2) is 0 Å². The van der Waals surface area contributed by atoms with E-state index in [4.69, 9.17) is 0 Å². The van der Waals surface area contributed by atoms with E-state index in [2.05, 4.69) is 5.32 Å². The van der Waals surface area contributed by atoms with Crippen molar-refractivity contribution in [3.63, 3.8) is 0 Å². The Kier molecular flexibility index (Phi) is 4.90. The summed E-state index contributed by atoms with van der Waals surface area (Å²) in [6.45, 7) is 1.26. The van der Waals surface area contributed by atoms with Gasteiger partial charge in [0, 0.05) is 6.54 Å². The second kappa shape index (κ2) is 5.98. The van der Waals surface area contributed by atoms with Crippen molar-refractivity contribution in [3.05, 3.63) is 0 Å². The lowest BCUT2D eigenvalue weighted by Gasteiger charge is -2.28. The zero-order valence-corrected chi connectivity index (χ0v) is 8.83. The highest BCUT2D eigenvalue weighted by atomic mass is 16.3. The molecule has 0 bridgehead atoms. The van der Waals surface area contributed by atoms with Crippen molar-refractivity contribution in [1.82, 2.24) is 10.2 Å². The fourth-order valence-electron chi connectivity index (χ4n) is 1.95. The van der Waals surface area contributed by atoms with Gasteiger partial charge in [-0.25, -0.2) is 0 Å². The predicted octanol–water partition coefficient (Wildman–Crippen LogP) is -0.0307. The minimum atomic E-state index is 0.0401. The Morgan fingerprint density at radius 2 is 2.29 bits per heavy atom. The predicted molar refractivity (Wildman–Crippen MR) is 55.0 cm³/mol. The molecule has 1 fully saturated rings. The molecule has 1 rings (SSSR count). The van der Waals surface area contributed by atoms with Gasteiger partial charge in [-0.3, -0.25) is 4.79 Å². The van der Waals surface area contributed by atoms with Gasteiger partial charge in [-0.15, -0.1) is 0 Å². The minimum Gasteiger partial charge on any atom is -0.394 e. The van der Waals surface area contributed by atoms with Gasteiger partial charge in [-0.2, -0.15) is 0 Å². The van der Waals surface area contributed by atoms with E-state index in [1.54, 1.807) is 7.05 Å². The standard InChI is InChI=1S/C10H20N2O2/c1-11-7-10(14)12-6-4-2-3-5-9(12)8-13/h9,11,13H,2-8H2,1H3. The molecule has 1 atom stereocenters. The second-order valence-corrected chi connectivity index (χ2v) is 3.80. The van der Waals surface area contributed by atoms with E-state index in [9.17, 15) is 9.90 Å². The van der Waals surface area contributed by atoms with Crippen LogP contribution in [0.25, 0.3) is 0 Å². The first-order chi connectivity index (χ1) is 6.79. The van der Waals surface area contributed by atoms with Gasteiger partial charge in [0.05, 0.1) is 19.2 Å². The molecule has 1 unspecified atom stereocenters. The Morgan fingerprint density at radius 1 is 1.50 bits per heavy atom. The summed E-state index contributed by atoms with van der Waals surface area (Å²) >= 11 is 0. The third kappa shape index (κ3) is 2.96. The van der Waals surface area contributed by atoms with Crippen LogP contribution in [0.4, 0.5) is 0 Å². The number of aliphatic hydroxyl groups excluding tert-OH is 1. The first kappa shape index (κ1) is 11.5. The van der Waals surface area contributed by atoms with E-state index < -0.39 is 0 Å². The van der Waals surface area contributed by atoms with Crippen molar-refractivity contribution in [1.29, 1.82) is 0 Å². The molecule has 0 aromatic carbocycles. The van der Waals surface area contributed by atoms with Crippen LogP contribution in [0, 0.1) is 0 Å². The second-order valence-electron chi connectivity index (χ2n) is 3.80. The Bertz CT molecular complexity index is 185. The van der Waals surface area contributed by atoms with E-state index in [1.165, 1.54) is 6.42 Å². The monoisotopic (exact) mass is 200 g/mol. The van der Waals surface area contributed by atoms with E-state index in [0.29, 0.717) is 6.54 Å². The number of rotatable bonds is 3. The van der Waals surface area contributed by atoms with Crippen LogP contribution >= 0.6 is 0 Å². The average molecular weight is 200 g/mol. The minimum absolute atomic E-state index is 0.0401. The number of amides is 1. The summed E-state index contributed by atoms with van der Waals surface area (Å²) in [6, 6.07) is 0.0401. The van der Waals surface area contributed by atoms with Gasteiger partial charge >= 0.3 is 0 Å². The molecule has 1 heterocycles. The van der Waals surface area contributed by atoms with Crippen LogP contribution in [0.1, 0.15) is 25.7 Å². The zero-order valence-electron chi connectivity index (χ0n) is 8.83. The maximum atomic E-state index is 11.7. The molecule has 1 aliphatic heterocycles. The van der Waals surface area contributed by atoms with Gasteiger partial charge in [0.1, 0.15) is 0 Å². The van der Waals surface area contributed by atoms with Crippen molar-refractivity contribution in [2.24, 2.45) is 0 Å². The number of carbonyl (C=O) groups is 1. The van der Waals surface area contributed by atoms with Gasteiger partial charge in [0.15, 0.2) is 0 Å². The maximum Gasteiger partial charge on any atom is 0.236 e. The Morgan fingerprint density at radius 3 is 2.93 bits per heavy atom. The quantitative estimate of drug-likeness (QED) is 0.672. The normalized spacial score (nSPS) is 23.3. The fourth-order valence-corrected chi connectivity index (χ4v) is 1.95. The van der Waals surface area contributed by atoms with Crippen LogP contribution < -0.4 is 5.32 Å². The van der Waals surface area contributed by atoms with Crippen molar-refractivity contribution in [2.75, 3.05) is 26.7 Å². The molecule has 1 amide bonds. The third-order valence-corrected chi connectivity index (χ3v) is 2.74. The number of aliphatic hydroxyl groups is 1. The summed E-state index contributed by atoms with van der Waals surface area (Å²) in [5.74, 6) is 0.105. The Balaban J connectivity index is 2.55. The molecule has 1 saturated heterocycles. The summed E-state index contributed by atoms with van der Waals surface area (Å²) in [5, 5.41) is 12.0. The summed E-state index contributed by atoms with van der Waals surface area (Å²) < 4.78 is 0. The largest absolute Gasteiger partial charge is 0.394 e. The Labute approximate surface area is 85.3 Å². The molecule has 0 spiro atoms. The van der Waals surface area contributed by atoms with Crippen LogP contribution in [0.2, 0.25) is 0 Å². The van der Waals surface area contributed by atoms with Crippen LogP contribution in [0.5, 0.6) is 0 Å². The molecule has 0 aromatic heterocycles. The topological polar surface area (TPSA) is 52.6 Å². The first-order valence-corrected chi connectivity index (χ1v) is 5.34. The average Bonchev–Trinajstić information content (AvgIpc) is 2.42. The number of carbonyl (C=O) groups excluding carboxylic acids is 1. The summed E-state index contributed by atoms with van der Waals surface area (Å²) in [4.78, 5) is 13.5. The number of hydrogen-bond acceptors (Lipinski definition) is 3. The SMILES string of the molecule is CNCC(=O)N1CCCCCC1CO. The third-order valence-electron chi connectivity index (χ3n) is 2.74. The molecular weight excluding hydrogens is 180 g/mol. The van der Waals surface area contributed by atoms with Crippen LogP contribution in [-0.2, 0) is 4.79 Å². The number of likely N-dealkylation sites (N-methyl/N-ethyl adjacent to an activating group) is 1. The molecule has 4 nitrogen and oxygen atoms in total. The fraction of sp³-hybridized carbons (Fsp3) is 0.900. The summed E-state index contributed by atoms with van der Waals surface area (Å²) in [5.41, 5.74) is 0. The summed E-state index contributed by atoms with van der Waals surface area (Å²) in [7, 11) is 1.77. The summed E-state index contributed by atoms with van der Waals surface area (Å²) in [6.07, 6.45) is 4.28. The number of hydrogen-bond donors (Lipinski definition) is 2. The maximum absolute atomic E-state index is 11.7. The molecule has 0 aromatic rings. The molecule has 4 heteroatoms. The van der Waals surface area contributed by atoms with Crippen molar-refractivity contribution in [2.45, 2.75) is 31.7 Å². The van der Waals surface area contributed by atoms with E-state index in [-0.39, 0.29) is 18.6 Å². The highest BCUT2D eigenvalue weighted by Crippen LogP contribution is 2.16. The molecule has 2 N–H and O–H groups in total. The number of nitrogens with one attached hydrogen (secondary N) is 1. The van der Waals surface area contributed by atoms with Crippen molar-refractivity contribution in [3.8, 4) is 0 Å². The molecule has 0 saturated carbocycles. The Hall–Kier alpha value is -0.610. The lowest BCUT2D eigenvalue weighted by molar-refractivity contribution is -0.133. The van der Waals surface area contributed by atoms with Gasteiger partial charge in [-0.05, 0) is 19.9 Å². The lowest BCUT2D eigenvalue weighted by atomic mass is 10.1. The van der Waals surface area contributed by atoms with Gasteiger partial charge in [-0.1, -0.05) is 12.8 Å². The van der Waals surface area contributed by atoms with Gasteiger partial charge < -0.3 is 15.3 Å². The molecule has 82 valence electrons. The molecule has 0 radical (unpaired) electrons. The molecular formula is C10H20N2O2. The highest BCUT2D eigenvalue weighted by Gasteiger charge is 2.23. The van der Waals surface area contributed by atoms with E-state index in [1.807, 2.05) is 4.90 Å². The highest BCUT2D eigenvalue weighted by molar-refractivity contribution is 5.78. The van der Waals surface area contributed by atoms with E-state index in [0.717, 1.165) is 25.8 Å².